The van der Waals surface area contributed by atoms with Crippen LogP contribution in [0.25, 0.3) is 0 Å². The summed E-state index contributed by atoms with van der Waals surface area (Å²) in [5.41, 5.74) is 0.928. The van der Waals surface area contributed by atoms with Gasteiger partial charge in [0.25, 0.3) is 5.91 Å². The van der Waals surface area contributed by atoms with E-state index in [9.17, 15) is 18.0 Å². The van der Waals surface area contributed by atoms with Crippen molar-refractivity contribution in [3.8, 4) is 0 Å². The van der Waals surface area contributed by atoms with Crippen LogP contribution in [0.4, 0.5) is 13.2 Å². The Kier molecular flexibility index (Phi) is 4.25. The van der Waals surface area contributed by atoms with Crippen molar-refractivity contribution in [2.24, 2.45) is 5.92 Å². The summed E-state index contributed by atoms with van der Waals surface area (Å²) >= 11 is 4.59. The van der Waals surface area contributed by atoms with Crippen LogP contribution in [0.5, 0.6) is 0 Å². The summed E-state index contributed by atoms with van der Waals surface area (Å²) in [6.07, 6.45) is -3.70. The third-order valence-corrected chi connectivity index (χ3v) is 5.36. The number of carbonyl (C=O) groups excluding carboxylic acids is 1. The van der Waals surface area contributed by atoms with Crippen LogP contribution >= 0.6 is 27.3 Å². The van der Waals surface area contributed by atoms with Crippen LogP contribution in [0.2, 0.25) is 0 Å². The van der Waals surface area contributed by atoms with E-state index >= 15 is 0 Å². The molecule has 0 saturated carbocycles. The van der Waals surface area contributed by atoms with Gasteiger partial charge in [0.1, 0.15) is 0 Å². The minimum Gasteiger partial charge on any atom is -0.337 e. The molecule has 1 aromatic heterocycles. The lowest BCUT2D eigenvalue weighted by Crippen LogP contribution is -2.44. The van der Waals surface area contributed by atoms with Gasteiger partial charge in [-0.05, 0) is 47.3 Å². The Morgan fingerprint density at radius 1 is 1.53 bits per heavy atom. The number of aryl methyl sites for hydroxylation is 1. The molecular formula is C12H13BrF3NOS. The Morgan fingerprint density at radius 3 is 2.74 bits per heavy atom. The third-order valence-electron chi connectivity index (χ3n) is 3.24. The molecule has 19 heavy (non-hydrogen) atoms. The first-order chi connectivity index (χ1) is 8.79. The molecule has 1 amide bonds. The van der Waals surface area contributed by atoms with Crippen molar-refractivity contribution in [2.75, 3.05) is 13.1 Å². The van der Waals surface area contributed by atoms with Gasteiger partial charge in [0.15, 0.2) is 0 Å². The van der Waals surface area contributed by atoms with E-state index in [-0.39, 0.29) is 18.9 Å². The van der Waals surface area contributed by atoms with Crippen molar-refractivity contribution in [1.82, 2.24) is 4.90 Å². The Hall–Kier alpha value is -0.560. The molecule has 106 valence electrons. The van der Waals surface area contributed by atoms with Gasteiger partial charge in [0.2, 0.25) is 0 Å². The number of likely N-dealkylation sites (tertiary alicyclic amines) is 1. The largest absolute Gasteiger partial charge is 0.393 e. The van der Waals surface area contributed by atoms with Crippen LogP contribution in [0.3, 0.4) is 0 Å². The van der Waals surface area contributed by atoms with Crippen LogP contribution < -0.4 is 0 Å². The Bertz CT molecular complexity index is 466. The molecule has 1 aliphatic rings. The minimum atomic E-state index is -4.22. The van der Waals surface area contributed by atoms with Gasteiger partial charge in [-0.2, -0.15) is 13.2 Å². The molecule has 2 heterocycles. The molecule has 1 aliphatic heterocycles. The molecule has 1 saturated heterocycles. The van der Waals surface area contributed by atoms with Gasteiger partial charge < -0.3 is 4.90 Å². The zero-order valence-corrected chi connectivity index (χ0v) is 12.7. The molecular weight excluding hydrogens is 343 g/mol. The van der Waals surface area contributed by atoms with Crippen LogP contribution in [0, 0.1) is 12.8 Å². The average Bonchev–Trinajstić information content (AvgIpc) is 2.68. The van der Waals surface area contributed by atoms with E-state index in [2.05, 4.69) is 15.9 Å². The number of alkyl halides is 3. The van der Waals surface area contributed by atoms with Crippen molar-refractivity contribution >= 4 is 33.2 Å². The molecule has 0 spiro atoms. The lowest BCUT2D eigenvalue weighted by Gasteiger charge is -2.33. The summed E-state index contributed by atoms with van der Waals surface area (Å²) in [5, 5.41) is 0. The summed E-state index contributed by atoms with van der Waals surface area (Å²) in [6, 6.07) is 1.72. The molecule has 1 unspecified atom stereocenters. The second-order valence-corrected chi connectivity index (χ2v) is 7.07. The van der Waals surface area contributed by atoms with E-state index < -0.39 is 12.1 Å². The smallest absolute Gasteiger partial charge is 0.337 e. The molecule has 0 N–H and O–H groups in total. The Labute approximate surface area is 121 Å². The van der Waals surface area contributed by atoms with E-state index in [0.29, 0.717) is 17.8 Å². The highest BCUT2D eigenvalue weighted by Crippen LogP contribution is 2.34. The summed E-state index contributed by atoms with van der Waals surface area (Å²) in [7, 11) is 0. The number of nitrogens with zero attached hydrogens (tertiary/aromatic N) is 1. The van der Waals surface area contributed by atoms with Crippen LogP contribution in [0.1, 0.15) is 28.1 Å². The van der Waals surface area contributed by atoms with Gasteiger partial charge in [-0.3, -0.25) is 4.79 Å². The molecule has 2 nitrogen and oxygen atoms in total. The number of hydrogen-bond donors (Lipinski definition) is 0. The number of carbonyl (C=O) groups is 1. The lowest BCUT2D eigenvalue weighted by molar-refractivity contribution is -0.184. The quantitative estimate of drug-likeness (QED) is 0.737. The molecule has 1 fully saturated rings. The third kappa shape index (κ3) is 3.31. The highest BCUT2D eigenvalue weighted by molar-refractivity contribution is 9.11. The predicted octanol–water partition coefficient (Wildman–Crippen LogP) is 4.23. The number of halogens is 4. The maximum absolute atomic E-state index is 12.7. The zero-order chi connectivity index (χ0) is 14.2. The fourth-order valence-corrected chi connectivity index (χ4v) is 3.65. The lowest BCUT2D eigenvalue weighted by atomic mass is 9.97. The maximum atomic E-state index is 12.7. The molecule has 1 atom stereocenters. The summed E-state index contributed by atoms with van der Waals surface area (Å²) in [4.78, 5) is 14.0. The number of amides is 1. The summed E-state index contributed by atoms with van der Waals surface area (Å²) in [5.74, 6) is -1.69. The first-order valence-corrected chi connectivity index (χ1v) is 7.52. The Morgan fingerprint density at radius 2 is 2.21 bits per heavy atom. The fourth-order valence-electron chi connectivity index (χ4n) is 2.15. The highest BCUT2D eigenvalue weighted by atomic mass is 79.9. The minimum absolute atomic E-state index is 0.112. The van der Waals surface area contributed by atoms with Crippen molar-refractivity contribution in [1.29, 1.82) is 0 Å². The first-order valence-electron chi connectivity index (χ1n) is 5.91. The van der Waals surface area contributed by atoms with Gasteiger partial charge in [-0.25, -0.2) is 0 Å². The standard InChI is InChI=1S/C12H13BrF3NOS/c1-7-5-9(19-10(7)13)11(18)17-4-2-3-8(6-17)12(14,15)16/h5,8H,2-4,6H2,1H3. The Balaban J connectivity index is 2.11. The molecule has 0 bridgehead atoms. The van der Waals surface area contributed by atoms with E-state index in [0.717, 1.165) is 9.35 Å². The monoisotopic (exact) mass is 355 g/mol. The number of hydrogen-bond acceptors (Lipinski definition) is 2. The van der Waals surface area contributed by atoms with Crippen molar-refractivity contribution in [2.45, 2.75) is 25.9 Å². The van der Waals surface area contributed by atoms with Crippen molar-refractivity contribution in [3.63, 3.8) is 0 Å². The molecule has 7 heteroatoms. The zero-order valence-electron chi connectivity index (χ0n) is 10.3. The fraction of sp³-hybridized carbons (Fsp3) is 0.583. The number of rotatable bonds is 1. The molecule has 1 aromatic rings. The normalized spacial score (nSPS) is 20.7. The van der Waals surface area contributed by atoms with E-state index in [1.807, 2.05) is 6.92 Å². The van der Waals surface area contributed by atoms with Crippen LogP contribution in [-0.4, -0.2) is 30.1 Å². The van der Waals surface area contributed by atoms with Crippen LogP contribution in [0.15, 0.2) is 9.85 Å². The molecule has 2 rings (SSSR count). The van der Waals surface area contributed by atoms with Crippen LogP contribution in [-0.2, 0) is 0 Å². The summed E-state index contributed by atoms with van der Waals surface area (Å²) in [6.45, 7) is 2.03. The van der Waals surface area contributed by atoms with E-state index in [4.69, 9.17) is 0 Å². The number of thiophene rings is 1. The molecule has 0 radical (unpaired) electrons. The van der Waals surface area contributed by atoms with Crippen molar-refractivity contribution < 1.29 is 18.0 Å². The molecule has 0 aromatic carbocycles. The SMILES string of the molecule is Cc1cc(C(=O)N2CCCC(C(F)(F)F)C2)sc1Br. The number of piperidine rings is 1. The first kappa shape index (κ1) is 14.8. The van der Waals surface area contributed by atoms with Gasteiger partial charge >= 0.3 is 6.18 Å². The second-order valence-electron chi connectivity index (χ2n) is 4.70. The summed E-state index contributed by atoms with van der Waals surface area (Å²) < 4.78 is 39.0. The topological polar surface area (TPSA) is 20.3 Å². The van der Waals surface area contributed by atoms with Crippen molar-refractivity contribution in [3.05, 3.63) is 20.3 Å². The maximum Gasteiger partial charge on any atom is 0.393 e. The van der Waals surface area contributed by atoms with E-state index in [1.165, 1.54) is 16.2 Å². The molecule has 0 aliphatic carbocycles. The van der Waals surface area contributed by atoms with Gasteiger partial charge in [-0.1, -0.05) is 0 Å². The van der Waals surface area contributed by atoms with Gasteiger partial charge in [-0.15, -0.1) is 11.3 Å². The van der Waals surface area contributed by atoms with Gasteiger partial charge in [0.05, 0.1) is 14.6 Å². The second kappa shape index (κ2) is 5.44. The highest BCUT2D eigenvalue weighted by Gasteiger charge is 2.42. The average molecular weight is 356 g/mol. The predicted molar refractivity (Wildman–Crippen MR) is 71.4 cm³/mol. The van der Waals surface area contributed by atoms with E-state index in [1.54, 1.807) is 6.07 Å². The van der Waals surface area contributed by atoms with Gasteiger partial charge in [0, 0.05) is 13.1 Å².